The van der Waals surface area contributed by atoms with E-state index in [0.717, 1.165) is 11.1 Å². The van der Waals surface area contributed by atoms with Gasteiger partial charge in [-0.15, -0.1) is 0 Å². The molecule has 25 heavy (non-hydrogen) atoms. The third-order valence-corrected chi connectivity index (χ3v) is 3.94. The van der Waals surface area contributed by atoms with Gasteiger partial charge in [0, 0.05) is 11.3 Å². The Hall–Kier alpha value is -3.41. The van der Waals surface area contributed by atoms with E-state index in [1.807, 2.05) is 24.3 Å². The Morgan fingerprint density at radius 1 is 1.00 bits per heavy atom. The number of ether oxygens (including phenoxy) is 2. The number of hydrogen-bond acceptors (Lipinski definition) is 6. The number of nitrogen functional groups attached to an aromatic ring is 1. The van der Waals surface area contributed by atoms with Crippen molar-refractivity contribution in [2.75, 3.05) is 20.0 Å². The van der Waals surface area contributed by atoms with Crippen molar-refractivity contribution in [2.45, 2.75) is 0 Å². The molecule has 0 spiro atoms. The first-order chi connectivity index (χ1) is 12.2. The predicted octanol–water partition coefficient (Wildman–Crippen LogP) is 4.35. The molecule has 4 rings (SSSR count). The highest BCUT2D eigenvalue weighted by Crippen LogP contribution is 2.38. The Labute approximate surface area is 143 Å². The molecule has 0 unspecified atom stereocenters. The normalized spacial score (nSPS) is 11.0. The van der Waals surface area contributed by atoms with Crippen LogP contribution in [0.15, 0.2) is 57.6 Å². The average molecular weight is 336 g/mol. The number of rotatable bonds is 4. The van der Waals surface area contributed by atoms with Crippen molar-refractivity contribution in [3.63, 3.8) is 0 Å². The maximum Gasteiger partial charge on any atom is 0.263 e. The lowest BCUT2D eigenvalue weighted by molar-refractivity contribution is 0.355. The lowest BCUT2D eigenvalue weighted by atomic mass is 10.0. The van der Waals surface area contributed by atoms with Crippen molar-refractivity contribution in [3.8, 4) is 34.3 Å². The van der Waals surface area contributed by atoms with Gasteiger partial charge in [-0.05, 0) is 42.0 Å². The largest absolute Gasteiger partial charge is 0.493 e. The van der Waals surface area contributed by atoms with E-state index in [1.165, 1.54) is 0 Å². The summed E-state index contributed by atoms with van der Waals surface area (Å²) in [6, 6.07) is 12.8. The van der Waals surface area contributed by atoms with E-state index in [9.17, 15) is 0 Å². The summed E-state index contributed by atoms with van der Waals surface area (Å²) in [5.74, 6) is 2.25. The lowest BCUT2D eigenvalue weighted by Crippen LogP contribution is -1.92. The van der Waals surface area contributed by atoms with Gasteiger partial charge in [0.25, 0.3) is 5.89 Å². The third-order valence-electron chi connectivity index (χ3n) is 3.94. The van der Waals surface area contributed by atoms with Crippen LogP contribution in [0.1, 0.15) is 0 Å². The lowest BCUT2D eigenvalue weighted by Gasteiger charge is -2.10. The highest BCUT2D eigenvalue weighted by molar-refractivity contribution is 5.94. The van der Waals surface area contributed by atoms with E-state index in [-0.39, 0.29) is 0 Å². The number of aromatic nitrogens is 1. The molecule has 0 bridgehead atoms. The first-order valence-corrected chi connectivity index (χ1v) is 7.66. The zero-order chi connectivity index (χ0) is 17.4. The van der Waals surface area contributed by atoms with Crippen LogP contribution in [0.3, 0.4) is 0 Å². The first-order valence-electron chi connectivity index (χ1n) is 7.66. The molecule has 0 fully saturated rings. The third kappa shape index (κ3) is 2.57. The van der Waals surface area contributed by atoms with Crippen LogP contribution in [0.5, 0.6) is 11.5 Å². The molecule has 0 saturated heterocycles. The van der Waals surface area contributed by atoms with E-state index in [1.54, 1.807) is 38.7 Å². The van der Waals surface area contributed by atoms with Crippen LogP contribution in [0.4, 0.5) is 5.69 Å². The maximum absolute atomic E-state index is 6.06. The van der Waals surface area contributed by atoms with E-state index < -0.39 is 0 Å². The van der Waals surface area contributed by atoms with Gasteiger partial charge in [-0.1, -0.05) is 6.07 Å². The molecule has 0 aliphatic rings. The van der Waals surface area contributed by atoms with Gasteiger partial charge >= 0.3 is 0 Å². The monoisotopic (exact) mass is 336 g/mol. The Balaban J connectivity index is 1.92. The van der Waals surface area contributed by atoms with Crippen molar-refractivity contribution in [2.24, 2.45) is 0 Å². The molecule has 2 aromatic carbocycles. The molecular weight excluding hydrogens is 320 g/mol. The summed E-state index contributed by atoms with van der Waals surface area (Å²) >= 11 is 0. The van der Waals surface area contributed by atoms with Gasteiger partial charge < -0.3 is 24.0 Å². The number of anilines is 1. The van der Waals surface area contributed by atoms with Crippen LogP contribution in [-0.2, 0) is 0 Å². The molecule has 2 aromatic heterocycles. The zero-order valence-corrected chi connectivity index (χ0v) is 13.8. The Morgan fingerprint density at radius 2 is 1.84 bits per heavy atom. The van der Waals surface area contributed by atoms with E-state index in [0.29, 0.717) is 39.9 Å². The van der Waals surface area contributed by atoms with Crippen LogP contribution >= 0.6 is 0 Å². The fourth-order valence-corrected chi connectivity index (χ4v) is 2.78. The summed E-state index contributed by atoms with van der Waals surface area (Å²) in [5, 5.41) is 0. The van der Waals surface area contributed by atoms with Crippen molar-refractivity contribution >= 4 is 16.8 Å². The minimum Gasteiger partial charge on any atom is -0.493 e. The molecule has 0 saturated carbocycles. The standard InChI is InChI=1S/C19H16N2O4/c1-22-15-6-5-11(8-17(15)23-2)13-9-12(20)10-14-18(13)25-19(21-14)16-4-3-7-24-16/h3-10H,20H2,1-2H3. The van der Waals surface area contributed by atoms with Gasteiger partial charge in [0.1, 0.15) is 5.52 Å². The quantitative estimate of drug-likeness (QED) is 0.558. The first kappa shape index (κ1) is 15.1. The highest BCUT2D eigenvalue weighted by Gasteiger charge is 2.17. The Kier molecular flexibility index (Phi) is 3.57. The molecule has 2 heterocycles. The topological polar surface area (TPSA) is 83.7 Å². The van der Waals surface area contributed by atoms with Crippen LogP contribution in [0.25, 0.3) is 33.9 Å². The number of furan rings is 1. The number of fused-ring (bicyclic) bond motifs is 1. The zero-order valence-electron chi connectivity index (χ0n) is 13.8. The second-order valence-corrected chi connectivity index (χ2v) is 5.48. The van der Waals surface area contributed by atoms with E-state index in [4.69, 9.17) is 24.0 Å². The van der Waals surface area contributed by atoms with Gasteiger partial charge in [0.2, 0.25) is 0 Å². The smallest absolute Gasteiger partial charge is 0.263 e. The highest BCUT2D eigenvalue weighted by atomic mass is 16.5. The molecule has 6 nitrogen and oxygen atoms in total. The number of methoxy groups -OCH3 is 2. The number of benzene rings is 2. The molecule has 0 radical (unpaired) electrons. The molecule has 0 aliphatic heterocycles. The van der Waals surface area contributed by atoms with Crippen LogP contribution in [0.2, 0.25) is 0 Å². The number of nitrogens with zero attached hydrogens (tertiary/aromatic N) is 1. The molecule has 0 aliphatic carbocycles. The maximum atomic E-state index is 6.06. The van der Waals surface area contributed by atoms with E-state index >= 15 is 0 Å². The molecule has 0 atom stereocenters. The summed E-state index contributed by atoms with van der Waals surface area (Å²) in [6.07, 6.45) is 1.58. The summed E-state index contributed by atoms with van der Waals surface area (Å²) in [4.78, 5) is 4.48. The average Bonchev–Trinajstić information content (AvgIpc) is 3.29. The van der Waals surface area contributed by atoms with Crippen LogP contribution in [-0.4, -0.2) is 19.2 Å². The Bertz CT molecular complexity index is 1040. The number of nitrogens with two attached hydrogens (primary N) is 1. The fourth-order valence-electron chi connectivity index (χ4n) is 2.78. The summed E-state index contributed by atoms with van der Waals surface area (Å²) < 4.78 is 22.0. The van der Waals surface area contributed by atoms with Gasteiger partial charge in [-0.2, -0.15) is 0 Å². The Morgan fingerprint density at radius 3 is 2.56 bits per heavy atom. The van der Waals surface area contributed by atoms with Gasteiger partial charge in [-0.25, -0.2) is 4.98 Å². The van der Waals surface area contributed by atoms with Crippen LogP contribution < -0.4 is 15.2 Å². The minimum atomic E-state index is 0.410. The molecule has 2 N–H and O–H groups in total. The molecule has 6 heteroatoms. The number of hydrogen-bond donors (Lipinski definition) is 1. The second-order valence-electron chi connectivity index (χ2n) is 5.48. The van der Waals surface area contributed by atoms with Gasteiger partial charge in [0.15, 0.2) is 22.8 Å². The molecule has 4 aromatic rings. The second kappa shape index (κ2) is 5.90. The van der Waals surface area contributed by atoms with Crippen molar-refractivity contribution < 1.29 is 18.3 Å². The summed E-state index contributed by atoms with van der Waals surface area (Å²) in [5.41, 5.74) is 9.65. The van der Waals surface area contributed by atoms with E-state index in [2.05, 4.69) is 4.98 Å². The van der Waals surface area contributed by atoms with Crippen LogP contribution in [0, 0.1) is 0 Å². The number of oxazole rings is 1. The minimum absolute atomic E-state index is 0.410. The van der Waals surface area contributed by atoms with Crippen molar-refractivity contribution in [1.29, 1.82) is 0 Å². The van der Waals surface area contributed by atoms with Gasteiger partial charge in [0.05, 0.1) is 20.5 Å². The molecule has 0 amide bonds. The molecular formula is C19H16N2O4. The summed E-state index contributed by atoms with van der Waals surface area (Å²) in [7, 11) is 3.20. The van der Waals surface area contributed by atoms with Crippen molar-refractivity contribution in [1.82, 2.24) is 4.98 Å². The van der Waals surface area contributed by atoms with Crippen molar-refractivity contribution in [3.05, 3.63) is 48.7 Å². The fraction of sp³-hybridized carbons (Fsp3) is 0.105. The predicted molar refractivity (Wildman–Crippen MR) is 94.7 cm³/mol. The van der Waals surface area contributed by atoms with Gasteiger partial charge in [-0.3, -0.25) is 0 Å². The molecule has 126 valence electrons. The SMILES string of the molecule is COc1ccc(-c2cc(N)cc3nc(-c4ccco4)oc23)cc1OC. The summed E-state index contributed by atoms with van der Waals surface area (Å²) in [6.45, 7) is 0.